The molecular weight excluding hydrogens is 305 g/mol. The average Bonchev–Trinajstić information content (AvgIpc) is 2.42. The first-order valence-corrected chi connectivity index (χ1v) is 8.60. The van der Waals surface area contributed by atoms with Crippen molar-refractivity contribution in [2.24, 2.45) is 0 Å². The van der Waals surface area contributed by atoms with E-state index in [1.165, 1.54) is 6.07 Å². The number of amides is 1. The van der Waals surface area contributed by atoms with Gasteiger partial charge in [0, 0.05) is 17.3 Å². The number of thioether (sulfide) groups is 2. The Morgan fingerprint density at radius 2 is 2.32 bits per heavy atom. The van der Waals surface area contributed by atoms with Crippen molar-refractivity contribution in [3.63, 3.8) is 0 Å². The molecule has 1 saturated heterocycles. The molecule has 1 aromatic rings. The summed E-state index contributed by atoms with van der Waals surface area (Å²) in [5.74, 6) is 2.58. The summed E-state index contributed by atoms with van der Waals surface area (Å²) in [6, 6.07) is 4.36. The van der Waals surface area contributed by atoms with Gasteiger partial charge in [0.25, 0.3) is 0 Å². The standard InChI is InChI=1S/C13H15ClFNOS2/c1-8(9-2-3-11(15)10(14)6-9)16-13(17)12-7-18-4-5-19-12/h2-3,6,8,12H,4-5,7H2,1H3,(H,16,17)/t8-,12-/m0/s1. The zero-order valence-corrected chi connectivity index (χ0v) is 12.9. The lowest BCUT2D eigenvalue weighted by Gasteiger charge is -2.23. The van der Waals surface area contributed by atoms with Gasteiger partial charge >= 0.3 is 0 Å². The van der Waals surface area contributed by atoms with Gasteiger partial charge in [0.1, 0.15) is 5.82 Å². The van der Waals surface area contributed by atoms with Gasteiger partial charge < -0.3 is 5.32 Å². The van der Waals surface area contributed by atoms with Crippen molar-refractivity contribution < 1.29 is 9.18 Å². The second kappa shape index (κ2) is 6.86. The summed E-state index contributed by atoms with van der Waals surface area (Å²) in [4.78, 5) is 12.1. The summed E-state index contributed by atoms with van der Waals surface area (Å²) in [5.41, 5.74) is 0.813. The molecule has 1 fully saturated rings. The molecule has 1 heterocycles. The van der Waals surface area contributed by atoms with Crippen molar-refractivity contribution in [3.8, 4) is 0 Å². The van der Waals surface area contributed by atoms with Crippen LogP contribution in [0.3, 0.4) is 0 Å². The first-order valence-electron chi connectivity index (χ1n) is 6.02. The van der Waals surface area contributed by atoms with Crippen LogP contribution in [-0.2, 0) is 4.79 Å². The van der Waals surface area contributed by atoms with Gasteiger partial charge in [0.2, 0.25) is 5.91 Å². The molecule has 2 nitrogen and oxygen atoms in total. The minimum Gasteiger partial charge on any atom is -0.349 e. The second-order valence-electron chi connectivity index (χ2n) is 4.34. The largest absolute Gasteiger partial charge is 0.349 e. The molecule has 1 aliphatic heterocycles. The Hall–Kier alpha value is -0.390. The summed E-state index contributed by atoms with van der Waals surface area (Å²) in [5, 5.41) is 3.05. The predicted octanol–water partition coefficient (Wildman–Crippen LogP) is 3.50. The smallest absolute Gasteiger partial charge is 0.234 e. The molecule has 0 bridgehead atoms. The predicted molar refractivity (Wildman–Crippen MR) is 81.5 cm³/mol. The summed E-state index contributed by atoms with van der Waals surface area (Å²) < 4.78 is 13.1. The normalized spacial score (nSPS) is 20.9. The number of carbonyl (C=O) groups excluding carboxylic acids is 1. The van der Waals surface area contributed by atoms with Crippen LogP contribution < -0.4 is 5.32 Å². The number of nitrogens with one attached hydrogen (secondary N) is 1. The monoisotopic (exact) mass is 319 g/mol. The number of rotatable bonds is 3. The maximum Gasteiger partial charge on any atom is 0.234 e. The topological polar surface area (TPSA) is 29.1 Å². The van der Waals surface area contributed by atoms with Gasteiger partial charge in [-0.2, -0.15) is 11.8 Å². The van der Waals surface area contributed by atoms with Gasteiger partial charge in [-0.15, -0.1) is 11.8 Å². The zero-order chi connectivity index (χ0) is 13.8. The molecule has 0 aliphatic carbocycles. The summed E-state index contributed by atoms with van der Waals surface area (Å²) in [6.07, 6.45) is 0. The van der Waals surface area contributed by atoms with E-state index in [9.17, 15) is 9.18 Å². The molecule has 1 aliphatic rings. The number of hydrogen-bond acceptors (Lipinski definition) is 3. The summed E-state index contributed by atoms with van der Waals surface area (Å²) in [7, 11) is 0. The Labute approximate surface area is 125 Å². The van der Waals surface area contributed by atoms with Crippen molar-refractivity contribution in [2.45, 2.75) is 18.2 Å². The third kappa shape index (κ3) is 4.04. The van der Waals surface area contributed by atoms with Crippen LogP contribution in [0.1, 0.15) is 18.5 Å². The van der Waals surface area contributed by atoms with E-state index in [2.05, 4.69) is 5.32 Å². The molecule has 0 unspecified atom stereocenters. The molecule has 6 heteroatoms. The SMILES string of the molecule is C[C@H](NC(=O)[C@@H]1CSCCS1)c1ccc(F)c(Cl)c1. The van der Waals surface area contributed by atoms with Gasteiger partial charge in [0.15, 0.2) is 0 Å². The summed E-state index contributed by atoms with van der Waals surface area (Å²) >= 11 is 9.25. The number of carbonyl (C=O) groups is 1. The van der Waals surface area contributed by atoms with E-state index >= 15 is 0 Å². The van der Waals surface area contributed by atoms with Crippen LogP contribution in [0.2, 0.25) is 5.02 Å². The molecule has 104 valence electrons. The van der Waals surface area contributed by atoms with Crippen LogP contribution in [0.25, 0.3) is 0 Å². The molecule has 1 N–H and O–H groups in total. The Kier molecular flexibility index (Phi) is 5.42. The molecule has 2 rings (SSSR count). The quantitative estimate of drug-likeness (QED) is 0.924. The molecule has 19 heavy (non-hydrogen) atoms. The van der Waals surface area contributed by atoms with Crippen LogP contribution in [0, 0.1) is 5.82 Å². The first kappa shape index (κ1) is 15.0. The van der Waals surface area contributed by atoms with Gasteiger partial charge in [0.05, 0.1) is 16.3 Å². The third-order valence-electron chi connectivity index (χ3n) is 2.91. The minimum absolute atomic E-state index is 0.0112. The van der Waals surface area contributed by atoms with Crippen LogP contribution in [-0.4, -0.2) is 28.4 Å². The minimum atomic E-state index is -0.442. The fraction of sp³-hybridized carbons (Fsp3) is 0.462. The lowest BCUT2D eigenvalue weighted by Crippen LogP contribution is -2.37. The highest BCUT2D eigenvalue weighted by atomic mass is 35.5. The number of halogens is 2. The Bertz CT molecular complexity index is 466. The van der Waals surface area contributed by atoms with Crippen molar-refractivity contribution in [1.29, 1.82) is 0 Å². The molecular formula is C13H15ClFNOS2. The summed E-state index contributed by atoms with van der Waals surface area (Å²) in [6.45, 7) is 1.88. The van der Waals surface area contributed by atoms with E-state index in [-0.39, 0.29) is 22.2 Å². The fourth-order valence-corrected chi connectivity index (χ4v) is 4.57. The molecule has 0 spiro atoms. The van der Waals surface area contributed by atoms with Gasteiger partial charge in [-0.05, 0) is 24.6 Å². The maximum atomic E-state index is 13.1. The van der Waals surface area contributed by atoms with Gasteiger partial charge in [-0.3, -0.25) is 4.79 Å². The zero-order valence-electron chi connectivity index (χ0n) is 10.5. The molecule has 0 radical (unpaired) electrons. The van der Waals surface area contributed by atoms with E-state index in [1.54, 1.807) is 35.7 Å². The maximum absolute atomic E-state index is 13.1. The molecule has 1 amide bonds. The Balaban J connectivity index is 1.97. The highest BCUT2D eigenvalue weighted by molar-refractivity contribution is 8.07. The van der Waals surface area contributed by atoms with E-state index in [1.807, 2.05) is 6.92 Å². The van der Waals surface area contributed by atoms with E-state index in [0.29, 0.717) is 0 Å². The highest BCUT2D eigenvalue weighted by Crippen LogP contribution is 2.25. The molecule has 2 atom stereocenters. The number of hydrogen-bond donors (Lipinski definition) is 1. The Morgan fingerprint density at radius 3 is 2.95 bits per heavy atom. The second-order valence-corrected chi connectivity index (χ2v) is 7.21. The van der Waals surface area contributed by atoms with E-state index < -0.39 is 5.82 Å². The molecule has 0 aromatic heterocycles. The van der Waals surface area contributed by atoms with Crippen LogP contribution in [0.15, 0.2) is 18.2 Å². The van der Waals surface area contributed by atoms with Gasteiger partial charge in [-0.1, -0.05) is 17.7 Å². The van der Waals surface area contributed by atoms with Crippen molar-refractivity contribution in [2.75, 3.05) is 17.3 Å². The van der Waals surface area contributed by atoms with Crippen molar-refractivity contribution in [3.05, 3.63) is 34.6 Å². The van der Waals surface area contributed by atoms with Gasteiger partial charge in [-0.25, -0.2) is 4.39 Å². The van der Waals surface area contributed by atoms with Crippen LogP contribution >= 0.6 is 35.1 Å². The Morgan fingerprint density at radius 1 is 1.53 bits per heavy atom. The van der Waals surface area contributed by atoms with Crippen molar-refractivity contribution >= 4 is 41.0 Å². The average molecular weight is 320 g/mol. The number of benzene rings is 1. The lowest BCUT2D eigenvalue weighted by molar-refractivity contribution is -0.120. The lowest BCUT2D eigenvalue weighted by atomic mass is 10.1. The molecule has 0 saturated carbocycles. The van der Waals surface area contributed by atoms with Crippen molar-refractivity contribution in [1.82, 2.24) is 5.32 Å². The van der Waals surface area contributed by atoms with E-state index in [4.69, 9.17) is 11.6 Å². The van der Waals surface area contributed by atoms with E-state index in [0.717, 1.165) is 22.8 Å². The fourth-order valence-electron chi connectivity index (χ4n) is 1.81. The highest BCUT2D eigenvalue weighted by Gasteiger charge is 2.23. The van der Waals surface area contributed by atoms with Crippen LogP contribution in [0.4, 0.5) is 4.39 Å². The first-order chi connectivity index (χ1) is 9.08. The molecule has 1 aromatic carbocycles. The third-order valence-corrected chi connectivity index (χ3v) is 5.95. The van der Waals surface area contributed by atoms with Crippen LogP contribution in [0.5, 0.6) is 0 Å².